The van der Waals surface area contributed by atoms with Crippen LogP contribution in [0.2, 0.25) is 0 Å². The third-order valence-electron chi connectivity index (χ3n) is 3.53. The molecule has 0 bridgehead atoms. The van der Waals surface area contributed by atoms with E-state index in [0.29, 0.717) is 19.1 Å². The van der Waals surface area contributed by atoms with Crippen LogP contribution in [-0.2, 0) is 9.53 Å². The van der Waals surface area contributed by atoms with E-state index in [1.807, 2.05) is 0 Å². The Morgan fingerprint density at radius 3 is 2.59 bits per heavy atom. The lowest BCUT2D eigenvalue weighted by Crippen LogP contribution is -2.28. The number of hydrogen-bond donors (Lipinski definition) is 1. The Bertz CT molecular complexity index is 303. The molecule has 3 nitrogen and oxygen atoms in total. The molecule has 0 aromatic carbocycles. The molecule has 0 aromatic heterocycles. The minimum Gasteiger partial charge on any atom is -0.385 e. The van der Waals surface area contributed by atoms with E-state index in [-0.39, 0.29) is 17.2 Å². The number of hydrogen-bond acceptors (Lipinski definition) is 2. The quantitative estimate of drug-likeness (QED) is 0.571. The molecule has 1 rings (SSSR count). The summed E-state index contributed by atoms with van der Waals surface area (Å²) in [5.41, 5.74) is 1.40. The molecule has 0 saturated heterocycles. The van der Waals surface area contributed by atoms with Crippen molar-refractivity contribution in [1.82, 2.24) is 5.32 Å². The lowest BCUT2D eigenvalue weighted by molar-refractivity contribution is -0.123. The van der Waals surface area contributed by atoms with Crippen LogP contribution in [0, 0.1) is 17.3 Å². The highest BCUT2D eigenvalue weighted by Gasteiger charge is 2.60. The molecule has 0 radical (unpaired) electrons. The predicted molar refractivity (Wildman–Crippen MR) is 69.7 cm³/mol. The highest BCUT2D eigenvalue weighted by Crippen LogP contribution is 2.59. The standard InChI is InChI=1S/C14H25NO2/c1-10(2)9-11-12(14(11,3)4)13(16)15-7-6-8-17-5/h9,11-12H,6-8H2,1-5H3,(H,15,16)/t11-,12-/m0/s1. The SMILES string of the molecule is COCCCNC(=O)[C@@H]1[C@H](C=C(C)C)C1(C)C. The van der Waals surface area contributed by atoms with Gasteiger partial charge in [0, 0.05) is 20.3 Å². The Morgan fingerprint density at radius 1 is 1.41 bits per heavy atom. The van der Waals surface area contributed by atoms with Crippen LogP contribution in [0.5, 0.6) is 0 Å². The zero-order valence-corrected chi connectivity index (χ0v) is 11.7. The molecule has 1 aliphatic rings. The second-order valence-electron chi connectivity index (χ2n) is 5.71. The van der Waals surface area contributed by atoms with E-state index in [0.717, 1.165) is 6.42 Å². The van der Waals surface area contributed by atoms with Crippen LogP contribution in [0.3, 0.4) is 0 Å². The summed E-state index contributed by atoms with van der Waals surface area (Å²) in [6.07, 6.45) is 3.10. The van der Waals surface area contributed by atoms with E-state index >= 15 is 0 Å². The molecular formula is C14H25NO2. The molecule has 1 amide bonds. The van der Waals surface area contributed by atoms with Crippen molar-refractivity contribution in [3.63, 3.8) is 0 Å². The molecule has 3 heteroatoms. The summed E-state index contributed by atoms with van der Waals surface area (Å²) in [7, 11) is 1.68. The van der Waals surface area contributed by atoms with Gasteiger partial charge in [0.15, 0.2) is 0 Å². The van der Waals surface area contributed by atoms with Crippen molar-refractivity contribution in [2.45, 2.75) is 34.1 Å². The molecule has 1 aliphatic carbocycles. The Kier molecular flexibility index (Phi) is 4.75. The lowest BCUT2D eigenvalue weighted by Gasteiger charge is -2.05. The summed E-state index contributed by atoms with van der Waals surface area (Å²) in [6.45, 7) is 9.91. The topological polar surface area (TPSA) is 38.3 Å². The van der Waals surface area contributed by atoms with Crippen LogP contribution < -0.4 is 5.32 Å². The van der Waals surface area contributed by atoms with Gasteiger partial charge in [-0.25, -0.2) is 0 Å². The van der Waals surface area contributed by atoms with Gasteiger partial charge in [-0.1, -0.05) is 25.5 Å². The Morgan fingerprint density at radius 2 is 2.06 bits per heavy atom. The zero-order valence-electron chi connectivity index (χ0n) is 11.7. The van der Waals surface area contributed by atoms with Crippen molar-refractivity contribution in [2.24, 2.45) is 17.3 Å². The molecule has 1 saturated carbocycles. The van der Waals surface area contributed by atoms with E-state index in [4.69, 9.17) is 4.74 Å². The number of rotatable bonds is 6. The summed E-state index contributed by atoms with van der Waals surface area (Å²) in [5.74, 6) is 0.725. The number of amides is 1. The number of nitrogens with one attached hydrogen (secondary N) is 1. The van der Waals surface area contributed by atoms with E-state index in [2.05, 4.69) is 39.1 Å². The van der Waals surface area contributed by atoms with Gasteiger partial charge in [0.05, 0.1) is 5.92 Å². The third kappa shape index (κ3) is 3.56. The number of carbonyl (C=O) groups excluding carboxylic acids is 1. The second-order valence-corrected chi connectivity index (χ2v) is 5.71. The Balaban J connectivity index is 2.41. The number of carbonyl (C=O) groups is 1. The molecule has 0 aliphatic heterocycles. The van der Waals surface area contributed by atoms with Crippen molar-refractivity contribution in [3.05, 3.63) is 11.6 Å². The van der Waals surface area contributed by atoms with Crippen LogP contribution in [0.4, 0.5) is 0 Å². The first-order valence-corrected chi connectivity index (χ1v) is 6.33. The van der Waals surface area contributed by atoms with Gasteiger partial charge < -0.3 is 10.1 Å². The molecule has 1 N–H and O–H groups in total. The second kappa shape index (κ2) is 5.67. The molecule has 2 atom stereocenters. The van der Waals surface area contributed by atoms with E-state index in [1.54, 1.807) is 7.11 Å². The van der Waals surface area contributed by atoms with E-state index in [1.165, 1.54) is 5.57 Å². The van der Waals surface area contributed by atoms with Gasteiger partial charge in [0.2, 0.25) is 5.91 Å². The van der Waals surface area contributed by atoms with Crippen LogP contribution >= 0.6 is 0 Å². The number of ether oxygens (including phenoxy) is 1. The number of methoxy groups -OCH3 is 1. The van der Waals surface area contributed by atoms with Gasteiger partial charge in [-0.05, 0) is 31.6 Å². The van der Waals surface area contributed by atoms with E-state index in [9.17, 15) is 4.79 Å². The maximum absolute atomic E-state index is 12.0. The molecule has 98 valence electrons. The maximum Gasteiger partial charge on any atom is 0.224 e. The predicted octanol–water partition coefficient (Wildman–Crippen LogP) is 2.38. The van der Waals surface area contributed by atoms with Gasteiger partial charge in [-0.15, -0.1) is 0 Å². The molecule has 0 spiro atoms. The fourth-order valence-electron chi connectivity index (χ4n) is 2.39. The summed E-state index contributed by atoms with van der Waals surface area (Å²) in [5, 5.41) is 2.99. The summed E-state index contributed by atoms with van der Waals surface area (Å²) in [6, 6.07) is 0. The van der Waals surface area contributed by atoms with Gasteiger partial charge in [0.1, 0.15) is 0 Å². The van der Waals surface area contributed by atoms with Crippen molar-refractivity contribution < 1.29 is 9.53 Å². The van der Waals surface area contributed by atoms with Gasteiger partial charge in [-0.3, -0.25) is 4.79 Å². The zero-order chi connectivity index (χ0) is 13.1. The van der Waals surface area contributed by atoms with Crippen LogP contribution in [0.1, 0.15) is 34.1 Å². The summed E-state index contributed by atoms with van der Waals surface area (Å²) >= 11 is 0. The molecular weight excluding hydrogens is 214 g/mol. The normalized spacial score (nSPS) is 25.2. The van der Waals surface area contributed by atoms with Crippen LogP contribution in [-0.4, -0.2) is 26.2 Å². The average Bonchev–Trinajstić information content (AvgIpc) is 2.74. The fraction of sp³-hybridized carbons (Fsp3) is 0.786. The number of allylic oxidation sites excluding steroid dienone is 2. The van der Waals surface area contributed by atoms with Gasteiger partial charge >= 0.3 is 0 Å². The smallest absolute Gasteiger partial charge is 0.224 e. The van der Waals surface area contributed by atoms with E-state index < -0.39 is 0 Å². The molecule has 0 aromatic rings. The average molecular weight is 239 g/mol. The Labute approximate surface area is 105 Å². The van der Waals surface area contributed by atoms with Crippen molar-refractivity contribution >= 4 is 5.91 Å². The Hall–Kier alpha value is -0.830. The van der Waals surface area contributed by atoms with Gasteiger partial charge in [0.25, 0.3) is 0 Å². The lowest BCUT2D eigenvalue weighted by atomic mass is 10.1. The third-order valence-corrected chi connectivity index (χ3v) is 3.53. The first-order valence-electron chi connectivity index (χ1n) is 6.33. The molecule has 1 fully saturated rings. The van der Waals surface area contributed by atoms with Crippen molar-refractivity contribution in [2.75, 3.05) is 20.3 Å². The van der Waals surface area contributed by atoms with Crippen molar-refractivity contribution in [3.8, 4) is 0 Å². The largest absolute Gasteiger partial charge is 0.385 e. The fourth-order valence-corrected chi connectivity index (χ4v) is 2.39. The van der Waals surface area contributed by atoms with Gasteiger partial charge in [-0.2, -0.15) is 0 Å². The summed E-state index contributed by atoms with van der Waals surface area (Å²) < 4.78 is 4.95. The highest BCUT2D eigenvalue weighted by molar-refractivity contribution is 5.83. The van der Waals surface area contributed by atoms with Crippen LogP contribution in [0.25, 0.3) is 0 Å². The monoisotopic (exact) mass is 239 g/mol. The minimum absolute atomic E-state index is 0.114. The molecule has 0 heterocycles. The maximum atomic E-state index is 12.0. The van der Waals surface area contributed by atoms with Crippen LogP contribution in [0.15, 0.2) is 11.6 Å². The molecule has 0 unspecified atom stereocenters. The minimum atomic E-state index is 0.114. The molecule has 17 heavy (non-hydrogen) atoms. The van der Waals surface area contributed by atoms with Crippen molar-refractivity contribution in [1.29, 1.82) is 0 Å². The first kappa shape index (κ1) is 14.2. The highest BCUT2D eigenvalue weighted by atomic mass is 16.5. The first-order chi connectivity index (χ1) is 7.91. The summed E-state index contributed by atoms with van der Waals surface area (Å²) in [4.78, 5) is 12.0.